The predicted molar refractivity (Wildman–Crippen MR) is 54.9 cm³/mol. The second kappa shape index (κ2) is 2.29. The number of anilines is 1. The summed E-state index contributed by atoms with van der Waals surface area (Å²) in [7, 11) is 1.88. The lowest BCUT2D eigenvalue weighted by Crippen LogP contribution is -1.96. The molecule has 2 heterocycles. The Labute approximate surface area is 79.9 Å². The Morgan fingerprint density at radius 1 is 1.36 bits per heavy atom. The molecular formula is C10H9N3O. The summed E-state index contributed by atoms with van der Waals surface area (Å²) in [6.45, 7) is 0. The van der Waals surface area contributed by atoms with Gasteiger partial charge in [-0.15, -0.1) is 0 Å². The van der Waals surface area contributed by atoms with E-state index in [4.69, 9.17) is 10.2 Å². The second-order valence-electron chi connectivity index (χ2n) is 3.28. The summed E-state index contributed by atoms with van der Waals surface area (Å²) in [5.41, 5.74) is 8.09. The molecule has 0 aliphatic heterocycles. The van der Waals surface area contributed by atoms with Crippen LogP contribution in [-0.2, 0) is 7.05 Å². The van der Waals surface area contributed by atoms with Gasteiger partial charge in [-0.2, -0.15) is 4.98 Å². The van der Waals surface area contributed by atoms with Crippen LogP contribution in [0, 0.1) is 0 Å². The summed E-state index contributed by atoms with van der Waals surface area (Å²) < 4.78 is 7.38. The maximum atomic E-state index is 5.68. The van der Waals surface area contributed by atoms with Crippen molar-refractivity contribution >= 4 is 28.1 Å². The van der Waals surface area contributed by atoms with E-state index in [1.165, 1.54) is 0 Å². The highest BCUT2D eigenvalue weighted by Crippen LogP contribution is 2.28. The Morgan fingerprint density at radius 2 is 2.14 bits per heavy atom. The van der Waals surface area contributed by atoms with Gasteiger partial charge in [0.05, 0.1) is 0 Å². The zero-order valence-corrected chi connectivity index (χ0v) is 7.69. The van der Waals surface area contributed by atoms with Crippen LogP contribution in [0.3, 0.4) is 0 Å². The summed E-state index contributed by atoms with van der Waals surface area (Å²) in [6, 6.07) is 7.84. The second-order valence-corrected chi connectivity index (χ2v) is 3.28. The number of hydrogen-bond acceptors (Lipinski definition) is 3. The Morgan fingerprint density at radius 3 is 3.00 bits per heavy atom. The molecule has 14 heavy (non-hydrogen) atoms. The fourth-order valence-corrected chi connectivity index (χ4v) is 1.71. The number of imidazole rings is 1. The minimum absolute atomic E-state index is 0.476. The lowest BCUT2D eigenvalue weighted by Gasteiger charge is -1.94. The average molecular weight is 187 g/mol. The van der Waals surface area contributed by atoms with Crippen molar-refractivity contribution in [2.45, 2.75) is 0 Å². The van der Waals surface area contributed by atoms with E-state index in [-0.39, 0.29) is 0 Å². The molecule has 0 amide bonds. The standard InChI is InChI=1S/C10H9N3O/c1-13-8-6-4-2-3-5-7(6)14-9(8)12-10(13)11/h2-5H,1H3,(H2,11,12). The molecule has 3 rings (SSSR count). The van der Waals surface area contributed by atoms with E-state index in [2.05, 4.69) is 4.98 Å². The van der Waals surface area contributed by atoms with E-state index < -0.39 is 0 Å². The summed E-state index contributed by atoms with van der Waals surface area (Å²) >= 11 is 0. The highest BCUT2D eigenvalue weighted by atomic mass is 16.3. The molecule has 0 saturated carbocycles. The minimum Gasteiger partial charge on any atom is -0.436 e. The molecule has 0 spiro atoms. The number of furan rings is 1. The summed E-state index contributed by atoms with van der Waals surface area (Å²) in [6.07, 6.45) is 0. The van der Waals surface area contributed by atoms with Crippen LogP contribution in [0.15, 0.2) is 28.7 Å². The Kier molecular flexibility index (Phi) is 1.21. The predicted octanol–water partition coefficient (Wildman–Crippen LogP) is 1.90. The van der Waals surface area contributed by atoms with Crippen molar-refractivity contribution in [1.29, 1.82) is 0 Å². The van der Waals surface area contributed by atoms with Crippen LogP contribution in [0.25, 0.3) is 22.2 Å². The van der Waals surface area contributed by atoms with Gasteiger partial charge in [0.15, 0.2) is 0 Å². The number of nitrogens with two attached hydrogens (primary N) is 1. The average Bonchev–Trinajstić information content (AvgIpc) is 2.65. The maximum Gasteiger partial charge on any atom is 0.247 e. The normalized spacial score (nSPS) is 11.5. The molecule has 0 fully saturated rings. The minimum atomic E-state index is 0.476. The number of nitrogens with zero attached hydrogens (tertiary/aromatic N) is 2. The molecule has 0 unspecified atom stereocenters. The Bertz CT molecular complexity index is 621. The molecule has 0 aliphatic carbocycles. The van der Waals surface area contributed by atoms with Crippen LogP contribution in [0.1, 0.15) is 0 Å². The first-order valence-electron chi connectivity index (χ1n) is 4.37. The summed E-state index contributed by atoms with van der Waals surface area (Å²) in [4.78, 5) is 4.12. The molecule has 4 heteroatoms. The molecular weight excluding hydrogens is 178 g/mol. The van der Waals surface area contributed by atoms with Gasteiger partial charge in [-0.1, -0.05) is 12.1 Å². The number of para-hydroxylation sites is 1. The van der Waals surface area contributed by atoms with Crippen LogP contribution in [0.4, 0.5) is 5.95 Å². The zero-order valence-electron chi connectivity index (χ0n) is 7.69. The number of aromatic nitrogens is 2. The van der Waals surface area contributed by atoms with Crippen LogP contribution >= 0.6 is 0 Å². The largest absolute Gasteiger partial charge is 0.436 e. The number of aryl methyl sites for hydroxylation is 1. The van der Waals surface area contributed by atoms with Gasteiger partial charge in [0.2, 0.25) is 11.7 Å². The molecule has 70 valence electrons. The lowest BCUT2D eigenvalue weighted by molar-refractivity contribution is 0.656. The third-order valence-electron chi connectivity index (χ3n) is 2.45. The highest BCUT2D eigenvalue weighted by molar-refractivity contribution is 6.02. The van der Waals surface area contributed by atoms with Crippen LogP contribution in [0.5, 0.6) is 0 Å². The Hall–Kier alpha value is -1.97. The van der Waals surface area contributed by atoms with Gasteiger partial charge < -0.3 is 14.7 Å². The van der Waals surface area contributed by atoms with Crippen LogP contribution in [-0.4, -0.2) is 9.55 Å². The fourth-order valence-electron chi connectivity index (χ4n) is 1.71. The van der Waals surface area contributed by atoms with Gasteiger partial charge in [-0.3, -0.25) is 0 Å². The van der Waals surface area contributed by atoms with Gasteiger partial charge >= 0.3 is 0 Å². The van der Waals surface area contributed by atoms with Crippen molar-refractivity contribution in [2.24, 2.45) is 7.05 Å². The van der Waals surface area contributed by atoms with Crippen molar-refractivity contribution in [1.82, 2.24) is 9.55 Å². The highest BCUT2D eigenvalue weighted by Gasteiger charge is 2.12. The molecule has 4 nitrogen and oxygen atoms in total. The van der Waals surface area contributed by atoms with Crippen molar-refractivity contribution in [2.75, 3.05) is 5.73 Å². The number of rotatable bonds is 0. The van der Waals surface area contributed by atoms with E-state index >= 15 is 0 Å². The van der Waals surface area contributed by atoms with E-state index in [0.29, 0.717) is 11.7 Å². The quantitative estimate of drug-likeness (QED) is 0.584. The third-order valence-corrected chi connectivity index (χ3v) is 2.45. The molecule has 0 saturated heterocycles. The van der Waals surface area contributed by atoms with Crippen LogP contribution < -0.4 is 5.73 Å². The zero-order chi connectivity index (χ0) is 9.71. The fraction of sp³-hybridized carbons (Fsp3) is 0.100. The molecule has 0 radical (unpaired) electrons. The summed E-state index contributed by atoms with van der Waals surface area (Å²) in [5.74, 6) is 0.476. The van der Waals surface area contributed by atoms with Gasteiger partial charge in [-0.05, 0) is 12.1 Å². The van der Waals surface area contributed by atoms with E-state index in [1.54, 1.807) is 0 Å². The van der Waals surface area contributed by atoms with E-state index in [0.717, 1.165) is 16.5 Å². The molecule has 2 aromatic heterocycles. The lowest BCUT2D eigenvalue weighted by atomic mass is 10.2. The summed E-state index contributed by atoms with van der Waals surface area (Å²) in [5, 5.41) is 1.05. The SMILES string of the molecule is Cn1c(N)nc2oc3ccccc3c21. The van der Waals surface area contributed by atoms with Crippen molar-refractivity contribution in [3.63, 3.8) is 0 Å². The molecule has 0 atom stereocenters. The number of hydrogen-bond donors (Lipinski definition) is 1. The molecule has 0 aliphatic rings. The van der Waals surface area contributed by atoms with Gasteiger partial charge in [-0.25, -0.2) is 0 Å². The first kappa shape index (κ1) is 7.44. The Balaban J connectivity index is 2.62. The molecule has 3 aromatic rings. The van der Waals surface area contributed by atoms with E-state index in [1.807, 2.05) is 35.9 Å². The van der Waals surface area contributed by atoms with Gasteiger partial charge in [0.25, 0.3) is 0 Å². The van der Waals surface area contributed by atoms with Gasteiger partial charge in [0, 0.05) is 12.4 Å². The number of nitrogen functional groups attached to an aromatic ring is 1. The van der Waals surface area contributed by atoms with E-state index in [9.17, 15) is 0 Å². The molecule has 1 aromatic carbocycles. The third kappa shape index (κ3) is 0.750. The van der Waals surface area contributed by atoms with Crippen molar-refractivity contribution in [3.8, 4) is 0 Å². The maximum absolute atomic E-state index is 5.68. The monoisotopic (exact) mass is 187 g/mol. The molecule has 2 N–H and O–H groups in total. The van der Waals surface area contributed by atoms with Gasteiger partial charge in [0.1, 0.15) is 11.1 Å². The number of fused-ring (bicyclic) bond motifs is 3. The smallest absolute Gasteiger partial charge is 0.247 e. The van der Waals surface area contributed by atoms with Crippen molar-refractivity contribution in [3.05, 3.63) is 24.3 Å². The van der Waals surface area contributed by atoms with Crippen molar-refractivity contribution < 1.29 is 4.42 Å². The van der Waals surface area contributed by atoms with Crippen LogP contribution in [0.2, 0.25) is 0 Å². The number of benzene rings is 1. The first-order chi connectivity index (χ1) is 6.77. The topological polar surface area (TPSA) is 57.0 Å². The first-order valence-corrected chi connectivity index (χ1v) is 4.37. The molecule has 0 bridgehead atoms.